The van der Waals surface area contributed by atoms with Crippen molar-refractivity contribution in [3.05, 3.63) is 24.1 Å². The zero-order valence-corrected chi connectivity index (χ0v) is 8.28. The molecule has 2 rings (SSSR count). The van der Waals surface area contributed by atoms with Gasteiger partial charge >= 0.3 is 0 Å². The van der Waals surface area contributed by atoms with Crippen LogP contribution in [0.4, 0.5) is 0 Å². The standard InChI is InChI=1S/C11H16N2O/c1-2-8-12-10(4-1)5-3-6-11-7-9-13-14-11/h3,6-7,9-10,12H,1-2,4-5,8H2. The smallest absolute Gasteiger partial charge is 0.159 e. The molecule has 14 heavy (non-hydrogen) atoms. The highest BCUT2D eigenvalue weighted by atomic mass is 16.5. The van der Waals surface area contributed by atoms with Gasteiger partial charge in [-0.1, -0.05) is 17.7 Å². The molecule has 1 aliphatic rings. The van der Waals surface area contributed by atoms with E-state index in [9.17, 15) is 0 Å². The van der Waals surface area contributed by atoms with Crippen molar-refractivity contribution < 1.29 is 4.52 Å². The topological polar surface area (TPSA) is 38.1 Å². The molecule has 1 unspecified atom stereocenters. The molecule has 76 valence electrons. The van der Waals surface area contributed by atoms with E-state index in [1.54, 1.807) is 6.20 Å². The second kappa shape index (κ2) is 4.96. The van der Waals surface area contributed by atoms with Gasteiger partial charge in [0.2, 0.25) is 0 Å². The van der Waals surface area contributed by atoms with E-state index < -0.39 is 0 Å². The fraction of sp³-hybridized carbons (Fsp3) is 0.545. The van der Waals surface area contributed by atoms with Crippen molar-refractivity contribution in [3.8, 4) is 0 Å². The molecule has 1 aromatic heterocycles. The van der Waals surface area contributed by atoms with Gasteiger partial charge in [0.25, 0.3) is 0 Å². The van der Waals surface area contributed by atoms with Gasteiger partial charge in [-0.2, -0.15) is 0 Å². The van der Waals surface area contributed by atoms with Gasteiger partial charge in [0.15, 0.2) is 5.76 Å². The zero-order chi connectivity index (χ0) is 9.64. The quantitative estimate of drug-likeness (QED) is 0.798. The Bertz CT molecular complexity index is 273. The van der Waals surface area contributed by atoms with Crippen LogP contribution in [-0.2, 0) is 0 Å². The van der Waals surface area contributed by atoms with E-state index in [0.717, 1.165) is 12.2 Å². The van der Waals surface area contributed by atoms with E-state index in [4.69, 9.17) is 4.52 Å². The number of piperidine rings is 1. The monoisotopic (exact) mass is 192 g/mol. The Morgan fingerprint density at radius 3 is 3.29 bits per heavy atom. The summed E-state index contributed by atoms with van der Waals surface area (Å²) >= 11 is 0. The van der Waals surface area contributed by atoms with Crippen LogP contribution in [0.15, 0.2) is 22.9 Å². The summed E-state index contributed by atoms with van der Waals surface area (Å²) in [7, 11) is 0. The number of hydrogen-bond acceptors (Lipinski definition) is 3. The van der Waals surface area contributed by atoms with Crippen LogP contribution in [-0.4, -0.2) is 17.7 Å². The van der Waals surface area contributed by atoms with Crippen LogP contribution in [0.3, 0.4) is 0 Å². The average molecular weight is 192 g/mol. The second-order valence-corrected chi connectivity index (χ2v) is 3.70. The van der Waals surface area contributed by atoms with E-state index in [0.29, 0.717) is 6.04 Å². The van der Waals surface area contributed by atoms with Crippen molar-refractivity contribution in [2.24, 2.45) is 0 Å². The summed E-state index contributed by atoms with van der Waals surface area (Å²) in [6, 6.07) is 2.52. The van der Waals surface area contributed by atoms with E-state index in [-0.39, 0.29) is 0 Å². The molecule has 0 radical (unpaired) electrons. The molecule has 3 heteroatoms. The molecule has 1 atom stereocenters. The summed E-state index contributed by atoms with van der Waals surface area (Å²) in [5.74, 6) is 0.834. The fourth-order valence-corrected chi connectivity index (χ4v) is 1.79. The number of hydrogen-bond donors (Lipinski definition) is 1. The molecular weight excluding hydrogens is 176 g/mol. The number of nitrogens with zero attached hydrogens (tertiary/aromatic N) is 1. The normalized spacial score (nSPS) is 23.0. The molecule has 1 aliphatic heterocycles. The highest BCUT2D eigenvalue weighted by Gasteiger charge is 2.09. The zero-order valence-electron chi connectivity index (χ0n) is 8.28. The molecule has 0 aliphatic carbocycles. The molecule has 1 fully saturated rings. The van der Waals surface area contributed by atoms with Gasteiger partial charge in [0, 0.05) is 12.1 Å². The van der Waals surface area contributed by atoms with Gasteiger partial charge < -0.3 is 9.84 Å². The minimum absolute atomic E-state index is 0.655. The fourth-order valence-electron chi connectivity index (χ4n) is 1.79. The van der Waals surface area contributed by atoms with Gasteiger partial charge in [-0.3, -0.25) is 0 Å². The summed E-state index contributed by atoms with van der Waals surface area (Å²) in [5.41, 5.74) is 0. The molecular formula is C11H16N2O. The van der Waals surface area contributed by atoms with Crippen molar-refractivity contribution in [2.75, 3.05) is 6.54 Å². The Morgan fingerprint density at radius 1 is 1.57 bits per heavy atom. The van der Waals surface area contributed by atoms with E-state index in [1.165, 1.54) is 25.8 Å². The molecule has 1 N–H and O–H groups in total. The van der Waals surface area contributed by atoms with Gasteiger partial charge in [0.1, 0.15) is 0 Å². The third-order valence-corrected chi connectivity index (χ3v) is 2.57. The van der Waals surface area contributed by atoms with Crippen molar-refractivity contribution in [2.45, 2.75) is 31.7 Å². The maximum atomic E-state index is 4.97. The van der Waals surface area contributed by atoms with Crippen molar-refractivity contribution in [3.63, 3.8) is 0 Å². The second-order valence-electron chi connectivity index (χ2n) is 3.70. The summed E-state index contributed by atoms with van der Waals surface area (Å²) in [5, 5.41) is 7.15. The first kappa shape index (κ1) is 9.46. The minimum atomic E-state index is 0.655. The van der Waals surface area contributed by atoms with Crippen LogP contribution < -0.4 is 5.32 Å². The Balaban J connectivity index is 1.76. The molecule has 3 nitrogen and oxygen atoms in total. The van der Waals surface area contributed by atoms with Crippen LogP contribution in [0.25, 0.3) is 6.08 Å². The maximum absolute atomic E-state index is 4.97. The summed E-state index contributed by atoms with van der Waals surface area (Å²) < 4.78 is 4.97. The lowest BCUT2D eigenvalue weighted by Crippen LogP contribution is -2.33. The first-order valence-electron chi connectivity index (χ1n) is 5.26. The lowest BCUT2D eigenvalue weighted by molar-refractivity contribution is 0.402. The summed E-state index contributed by atoms with van der Waals surface area (Å²) in [4.78, 5) is 0. The predicted octanol–water partition coefficient (Wildman–Crippen LogP) is 2.22. The Hall–Kier alpha value is -1.09. The minimum Gasteiger partial charge on any atom is -0.357 e. The van der Waals surface area contributed by atoms with Crippen molar-refractivity contribution in [1.82, 2.24) is 10.5 Å². The molecule has 2 heterocycles. The van der Waals surface area contributed by atoms with Crippen LogP contribution in [0.5, 0.6) is 0 Å². The molecule has 0 saturated carbocycles. The van der Waals surface area contributed by atoms with Gasteiger partial charge in [0.05, 0.1) is 6.20 Å². The van der Waals surface area contributed by atoms with Crippen molar-refractivity contribution >= 4 is 6.08 Å². The lowest BCUT2D eigenvalue weighted by atomic mass is 10.0. The Labute approximate surface area is 84.2 Å². The highest BCUT2D eigenvalue weighted by Crippen LogP contribution is 2.11. The molecule has 0 amide bonds. The lowest BCUT2D eigenvalue weighted by Gasteiger charge is -2.21. The molecule has 0 spiro atoms. The van der Waals surface area contributed by atoms with Crippen LogP contribution >= 0.6 is 0 Å². The van der Waals surface area contributed by atoms with Crippen molar-refractivity contribution in [1.29, 1.82) is 0 Å². The van der Waals surface area contributed by atoms with Crippen LogP contribution in [0.1, 0.15) is 31.4 Å². The Morgan fingerprint density at radius 2 is 2.57 bits per heavy atom. The first-order valence-corrected chi connectivity index (χ1v) is 5.26. The average Bonchev–Trinajstić information content (AvgIpc) is 2.72. The first-order chi connectivity index (χ1) is 6.95. The predicted molar refractivity (Wildman–Crippen MR) is 55.8 cm³/mol. The summed E-state index contributed by atoms with van der Waals surface area (Å²) in [6.07, 6.45) is 10.9. The van der Waals surface area contributed by atoms with Crippen LogP contribution in [0, 0.1) is 0 Å². The summed E-state index contributed by atoms with van der Waals surface area (Å²) in [6.45, 7) is 1.17. The molecule has 0 aromatic carbocycles. The molecule has 1 saturated heterocycles. The number of nitrogens with one attached hydrogen (secondary N) is 1. The van der Waals surface area contributed by atoms with Gasteiger partial charge in [-0.25, -0.2) is 0 Å². The number of rotatable bonds is 3. The van der Waals surface area contributed by atoms with E-state index >= 15 is 0 Å². The maximum Gasteiger partial charge on any atom is 0.159 e. The van der Waals surface area contributed by atoms with Crippen LogP contribution in [0.2, 0.25) is 0 Å². The van der Waals surface area contributed by atoms with Gasteiger partial charge in [-0.05, 0) is 31.9 Å². The Kier molecular flexibility index (Phi) is 3.35. The SMILES string of the molecule is C(=Cc1ccno1)CC1CCCCN1. The van der Waals surface area contributed by atoms with Gasteiger partial charge in [-0.15, -0.1) is 0 Å². The third kappa shape index (κ3) is 2.70. The molecule has 0 bridgehead atoms. The highest BCUT2D eigenvalue weighted by molar-refractivity contribution is 5.41. The van der Waals surface area contributed by atoms with E-state index in [2.05, 4.69) is 16.5 Å². The molecule has 1 aromatic rings. The largest absolute Gasteiger partial charge is 0.357 e. The number of aromatic nitrogens is 1. The third-order valence-electron chi connectivity index (χ3n) is 2.57. The van der Waals surface area contributed by atoms with E-state index in [1.807, 2.05) is 12.1 Å².